The number of hydrogen-bond donors (Lipinski definition) is 0. The summed E-state index contributed by atoms with van der Waals surface area (Å²) in [6, 6.07) is 0. The molecule has 0 spiro atoms. The molecule has 6 heteroatoms. The van der Waals surface area contributed by atoms with Gasteiger partial charge >= 0.3 is 0 Å². The van der Waals surface area contributed by atoms with Gasteiger partial charge in [-0.05, 0) is 13.8 Å². The topological polar surface area (TPSA) is 43.2 Å². The summed E-state index contributed by atoms with van der Waals surface area (Å²) >= 11 is 4.52. The van der Waals surface area contributed by atoms with E-state index in [9.17, 15) is 0 Å². The van der Waals surface area contributed by atoms with Crippen molar-refractivity contribution in [3.05, 3.63) is 0 Å². The first-order valence-electron chi connectivity index (χ1n) is 4.70. The Balaban J connectivity index is 2.20. The highest BCUT2D eigenvalue weighted by atomic mass is 127. The summed E-state index contributed by atoms with van der Waals surface area (Å²) in [6.07, 6.45) is 0. The molecule has 0 radical (unpaired) electrons. The summed E-state index contributed by atoms with van der Waals surface area (Å²) in [6.45, 7) is 5.38. The first kappa shape index (κ1) is 11.9. The summed E-state index contributed by atoms with van der Waals surface area (Å²) < 4.78 is 11.5. The molecular weight excluding hydrogens is 422 g/mol. The maximum atomic E-state index is 5.56. The van der Waals surface area contributed by atoms with Crippen molar-refractivity contribution < 1.29 is 9.47 Å². The van der Waals surface area contributed by atoms with Crippen LogP contribution < -0.4 is 0 Å². The Kier molecular flexibility index (Phi) is 3.44. The summed E-state index contributed by atoms with van der Waals surface area (Å²) in [5.41, 5.74) is -0.333. The standard InChI is InChI=1S/C9H12I2N2O2/c1-9(2,7-12-5(10)3-14-7)8-13-6(11)4-15-8/h5-6H,3-4H2,1-2H3/t5-,6-/m1/s1. The fourth-order valence-electron chi connectivity index (χ4n) is 1.47. The van der Waals surface area contributed by atoms with E-state index in [1.54, 1.807) is 0 Å². The molecule has 84 valence electrons. The van der Waals surface area contributed by atoms with Crippen molar-refractivity contribution in [2.75, 3.05) is 13.2 Å². The zero-order chi connectivity index (χ0) is 11.1. The van der Waals surface area contributed by atoms with Crippen LogP contribution in [0, 0.1) is 5.41 Å². The van der Waals surface area contributed by atoms with Crippen LogP contribution in [-0.4, -0.2) is 33.1 Å². The first-order chi connectivity index (χ1) is 7.00. The molecule has 0 aromatic heterocycles. The third kappa shape index (κ3) is 2.40. The van der Waals surface area contributed by atoms with Gasteiger partial charge in [0.25, 0.3) is 0 Å². The van der Waals surface area contributed by atoms with E-state index in [-0.39, 0.29) is 13.5 Å². The van der Waals surface area contributed by atoms with Crippen LogP contribution >= 0.6 is 45.2 Å². The van der Waals surface area contributed by atoms with E-state index in [1.807, 2.05) is 13.8 Å². The van der Waals surface area contributed by atoms with Gasteiger partial charge in [-0.1, -0.05) is 45.2 Å². The molecule has 2 rings (SSSR count). The Morgan fingerprint density at radius 3 is 1.73 bits per heavy atom. The van der Waals surface area contributed by atoms with E-state index < -0.39 is 0 Å². The third-order valence-electron chi connectivity index (χ3n) is 2.30. The van der Waals surface area contributed by atoms with Crippen LogP contribution in [0.25, 0.3) is 0 Å². The van der Waals surface area contributed by atoms with Crippen molar-refractivity contribution in [2.45, 2.75) is 21.9 Å². The lowest BCUT2D eigenvalue weighted by molar-refractivity contribution is 0.280. The maximum Gasteiger partial charge on any atom is 0.199 e. The van der Waals surface area contributed by atoms with Crippen LogP contribution in [0.1, 0.15) is 13.8 Å². The number of alkyl halides is 2. The molecule has 2 heterocycles. The van der Waals surface area contributed by atoms with Crippen LogP contribution in [0.5, 0.6) is 0 Å². The van der Waals surface area contributed by atoms with Crippen molar-refractivity contribution in [2.24, 2.45) is 15.4 Å². The van der Waals surface area contributed by atoms with Crippen molar-refractivity contribution in [3.8, 4) is 0 Å². The summed E-state index contributed by atoms with van der Waals surface area (Å²) in [5, 5.41) is 0. The average molecular weight is 434 g/mol. The summed E-state index contributed by atoms with van der Waals surface area (Å²) in [7, 11) is 0. The average Bonchev–Trinajstić information content (AvgIpc) is 2.74. The predicted molar refractivity (Wildman–Crippen MR) is 76.2 cm³/mol. The van der Waals surface area contributed by atoms with Gasteiger partial charge in [0.15, 0.2) is 11.8 Å². The zero-order valence-corrected chi connectivity index (χ0v) is 12.9. The molecule has 15 heavy (non-hydrogen) atoms. The molecule has 2 atom stereocenters. The third-order valence-corrected chi connectivity index (χ3v) is 3.58. The second-order valence-electron chi connectivity index (χ2n) is 3.98. The van der Waals surface area contributed by atoms with E-state index >= 15 is 0 Å². The van der Waals surface area contributed by atoms with Crippen molar-refractivity contribution in [1.82, 2.24) is 0 Å². The minimum Gasteiger partial charge on any atom is -0.477 e. The van der Waals surface area contributed by atoms with E-state index in [0.717, 1.165) is 11.8 Å². The Morgan fingerprint density at radius 1 is 1.07 bits per heavy atom. The second-order valence-corrected chi connectivity index (χ2v) is 6.86. The molecule has 2 aliphatic rings. The molecular formula is C9H12I2N2O2. The molecule has 0 bridgehead atoms. The van der Waals surface area contributed by atoms with Gasteiger partial charge < -0.3 is 9.47 Å². The van der Waals surface area contributed by atoms with Crippen molar-refractivity contribution in [3.63, 3.8) is 0 Å². The van der Waals surface area contributed by atoms with Crippen LogP contribution in [0.2, 0.25) is 0 Å². The fourth-order valence-corrected chi connectivity index (χ4v) is 2.34. The van der Waals surface area contributed by atoms with Crippen molar-refractivity contribution >= 4 is 57.0 Å². The number of aliphatic imine (C=N–C) groups is 2. The summed E-state index contributed by atoms with van der Waals surface area (Å²) in [4.78, 5) is 8.90. The number of nitrogens with zero attached hydrogens (tertiary/aromatic N) is 2. The van der Waals surface area contributed by atoms with E-state index in [1.165, 1.54) is 0 Å². The fraction of sp³-hybridized carbons (Fsp3) is 0.778. The Morgan fingerprint density at radius 2 is 1.47 bits per heavy atom. The smallest absolute Gasteiger partial charge is 0.199 e. The molecule has 0 aromatic carbocycles. The lowest BCUT2D eigenvalue weighted by Gasteiger charge is -2.22. The Labute approximate surface area is 116 Å². The first-order valence-corrected chi connectivity index (χ1v) is 7.19. The molecule has 0 aliphatic carbocycles. The Hall–Kier alpha value is 0.400. The number of halogens is 2. The van der Waals surface area contributed by atoms with Gasteiger partial charge in [-0.25, -0.2) is 9.98 Å². The van der Waals surface area contributed by atoms with Gasteiger partial charge in [-0.2, -0.15) is 0 Å². The quantitative estimate of drug-likeness (QED) is 0.381. The SMILES string of the molecule is CC(C)(C1=N[C@@H](I)CO1)C1=N[C@@H](I)CO1. The molecule has 0 amide bonds. The van der Waals surface area contributed by atoms with Gasteiger partial charge in [-0.15, -0.1) is 0 Å². The highest BCUT2D eigenvalue weighted by Gasteiger charge is 2.40. The second kappa shape index (κ2) is 4.34. The van der Waals surface area contributed by atoms with Crippen LogP contribution in [0.3, 0.4) is 0 Å². The van der Waals surface area contributed by atoms with Crippen LogP contribution in [0.4, 0.5) is 0 Å². The zero-order valence-electron chi connectivity index (χ0n) is 8.54. The monoisotopic (exact) mass is 434 g/mol. The highest BCUT2D eigenvalue weighted by molar-refractivity contribution is 14.1. The van der Waals surface area contributed by atoms with E-state index in [2.05, 4.69) is 55.2 Å². The molecule has 0 N–H and O–H groups in total. The largest absolute Gasteiger partial charge is 0.477 e. The number of ether oxygens (including phenoxy) is 2. The normalized spacial score (nSPS) is 30.7. The lowest BCUT2D eigenvalue weighted by Crippen LogP contribution is -2.34. The predicted octanol–water partition coefficient (Wildman–Crippen LogP) is 2.39. The molecule has 0 fully saturated rings. The Bertz CT molecular complexity index is 298. The van der Waals surface area contributed by atoms with E-state index in [4.69, 9.17) is 9.47 Å². The number of rotatable bonds is 2. The van der Waals surface area contributed by atoms with E-state index in [0.29, 0.717) is 13.2 Å². The minimum absolute atomic E-state index is 0.217. The molecule has 0 aromatic rings. The maximum absolute atomic E-state index is 5.56. The molecule has 4 nitrogen and oxygen atoms in total. The molecule has 0 unspecified atom stereocenters. The summed E-state index contributed by atoms with van der Waals surface area (Å²) in [5.74, 6) is 1.48. The van der Waals surface area contributed by atoms with Crippen molar-refractivity contribution in [1.29, 1.82) is 0 Å². The van der Waals surface area contributed by atoms with Crippen LogP contribution in [0.15, 0.2) is 9.98 Å². The highest BCUT2D eigenvalue weighted by Crippen LogP contribution is 2.30. The molecule has 2 aliphatic heterocycles. The minimum atomic E-state index is -0.333. The van der Waals surface area contributed by atoms with Gasteiger partial charge in [0.1, 0.15) is 26.7 Å². The van der Waals surface area contributed by atoms with Crippen LogP contribution in [-0.2, 0) is 9.47 Å². The van der Waals surface area contributed by atoms with Gasteiger partial charge in [0.05, 0.1) is 0 Å². The number of hydrogen-bond acceptors (Lipinski definition) is 4. The molecule has 0 saturated heterocycles. The lowest BCUT2D eigenvalue weighted by atomic mass is 9.93. The van der Waals surface area contributed by atoms with Gasteiger partial charge in [0.2, 0.25) is 0 Å². The van der Waals surface area contributed by atoms with Gasteiger partial charge in [-0.3, -0.25) is 0 Å². The molecule has 0 saturated carbocycles. The van der Waals surface area contributed by atoms with Gasteiger partial charge in [0, 0.05) is 0 Å².